The van der Waals surface area contributed by atoms with Crippen LogP contribution in [0.3, 0.4) is 0 Å². The fourth-order valence-corrected chi connectivity index (χ4v) is 3.68. The number of likely N-dealkylation sites (tertiary alicyclic amines) is 1. The van der Waals surface area contributed by atoms with Crippen molar-refractivity contribution in [3.8, 4) is 5.75 Å². The van der Waals surface area contributed by atoms with Crippen molar-refractivity contribution in [3.05, 3.63) is 29.8 Å². The van der Waals surface area contributed by atoms with E-state index in [1.54, 1.807) is 7.11 Å². The largest absolute Gasteiger partial charge is 0.497 e. The predicted octanol–water partition coefficient (Wildman–Crippen LogP) is 1.10. The molecule has 0 aromatic heterocycles. The van der Waals surface area contributed by atoms with Crippen molar-refractivity contribution < 1.29 is 14.6 Å². The minimum absolute atomic E-state index is 0.195. The van der Waals surface area contributed by atoms with Crippen LogP contribution in [0, 0.1) is 0 Å². The molecular formula is C20H32N4O3. The number of rotatable bonds is 6. The van der Waals surface area contributed by atoms with Gasteiger partial charge < -0.3 is 24.8 Å². The number of hydrogen-bond acceptors (Lipinski definition) is 5. The highest BCUT2D eigenvalue weighted by Gasteiger charge is 2.25. The van der Waals surface area contributed by atoms with Crippen molar-refractivity contribution in [2.24, 2.45) is 4.99 Å². The van der Waals surface area contributed by atoms with E-state index in [1.807, 2.05) is 12.1 Å². The SMILES string of the molecule is CCNC(=NCC(c1ccc(OC)cc1)N1CCOCC1)N1CC[C@@H](O)C1. The first-order valence-electron chi connectivity index (χ1n) is 9.88. The topological polar surface area (TPSA) is 69.6 Å². The van der Waals surface area contributed by atoms with Crippen molar-refractivity contribution in [2.75, 3.05) is 59.6 Å². The van der Waals surface area contributed by atoms with Gasteiger partial charge in [-0.05, 0) is 31.0 Å². The Hall–Kier alpha value is -1.83. The molecule has 2 atom stereocenters. The molecule has 2 aliphatic heterocycles. The Balaban J connectivity index is 1.78. The van der Waals surface area contributed by atoms with Gasteiger partial charge in [0.05, 0.1) is 39.0 Å². The lowest BCUT2D eigenvalue weighted by Gasteiger charge is -2.34. The molecule has 1 aromatic carbocycles. The van der Waals surface area contributed by atoms with E-state index < -0.39 is 0 Å². The number of hydrogen-bond donors (Lipinski definition) is 2. The normalized spacial score (nSPS) is 22.7. The van der Waals surface area contributed by atoms with Gasteiger partial charge in [0.2, 0.25) is 0 Å². The molecule has 2 N–H and O–H groups in total. The summed E-state index contributed by atoms with van der Waals surface area (Å²) in [5, 5.41) is 13.2. The van der Waals surface area contributed by atoms with E-state index in [-0.39, 0.29) is 12.1 Å². The molecule has 7 nitrogen and oxygen atoms in total. The fraction of sp³-hybridized carbons (Fsp3) is 0.650. The quantitative estimate of drug-likeness (QED) is 0.572. The van der Waals surface area contributed by atoms with E-state index in [1.165, 1.54) is 5.56 Å². The molecular weight excluding hydrogens is 344 g/mol. The van der Waals surface area contributed by atoms with Gasteiger partial charge in [-0.2, -0.15) is 0 Å². The number of aliphatic imine (C=N–C) groups is 1. The number of β-amino-alcohol motifs (C(OH)–C–C–N with tert-alkyl or cyclic N) is 1. The first kappa shape index (κ1) is 19.9. The minimum atomic E-state index is -0.259. The number of benzene rings is 1. The fourth-order valence-electron chi connectivity index (χ4n) is 3.68. The molecule has 0 aliphatic carbocycles. The van der Waals surface area contributed by atoms with Crippen LogP contribution in [0.4, 0.5) is 0 Å². The third-order valence-electron chi connectivity index (χ3n) is 5.20. The monoisotopic (exact) mass is 376 g/mol. The summed E-state index contributed by atoms with van der Waals surface area (Å²) >= 11 is 0. The Bertz CT molecular complexity index is 602. The summed E-state index contributed by atoms with van der Waals surface area (Å²) in [5.41, 5.74) is 1.23. The van der Waals surface area contributed by atoms with Crippen LogP contribution >= 0.6 is 0 Å². The lowest BCUT2D eigenvalue weighted by molar-refractivity contribution is 0.0179. The lowest BCUT2D eigenvalue weighted by atomic mass is 10.0. The highest BCUT2D eigenvalue weighted by atomic mass is 16.5. The second-order valence-corrected chi connectivity index (χ2v) is 7.02. The van der Waals surface area contributed by atoms with Crippen LogP contribution in [0.5, 0.6) is 5.75 Å². The molecule has 0 radical (unpaired) electrons. The van der Waals surface area contributed by atoms with Crippen molar-refractivity contribution in [1.82, 2.24) is 15.1 Å². The molecule has 150 valence electrons. The molecule has 2 aliphatic rings. The van der Waals surface area contributed by atoms with Crippen molar-refractivity contribution in [2.45, 2.75) is 25.5 Å². The summed E-state index contributed by atoms with van der Waals surface area (Å²) in [6, 6.07) is 8.46. The van der Waals surface area contributed by atoms with Gasteiger partial charge in [-0.15, -0.1) is 0 Å². The third-order valence-corrected chi connectivity index (χ3v) is 5.20. The molecule has 1 aromatic rings. The minimum Gasteiger partial charge on any atom is -0.497 e. The van der Waals surface area contributed by atoms with Gasteiger partial charge in [0.25, 0.3) is 0 Å². The maximum atomic E-state index is 9.87. The van der Waals surface area contributed by atoms with E-state index in [2.05, 4.69) is 34.2 Å². The first-order chi connectivity index (χ1) is 13.2. The molecule has 1 unspecified atom stereocenters. The molecule has 7 heteroatoms. The lowest BCUT2D eigenvalue weighted by Crippen LogP contribution is -2.43. The van der Waals surface area contributed by atoms with Gasteiger partial charge in [0.15, 0.2) is 5.96 Å². The summed E-state index contributed by atoms with van der Waals surface area (Å²) in [7, 11) is 1.69. The van der Waals surface area contributed by atoms with E-state index in [0.717, 1.165) is 57.5 Å². The van der Waals surface area contributed by atoms with E-state index >= 15 is 0 Å². The molecule has 0 bridgehead atoms. The van der Waals surface area contributed by atoms with E-state index in [4.69, 9.17) is 14.5 Å². The van der Waals surface area contributed by atoms with Gasteiger partial charge >= 0.3 is 0 Å². The third kappa shape index (κ3) is 5.34. The second-order valence-electron chi connectivity index (χ2n) is 7.02. The van der Waals surface area contributed by atoms with Crippen molar-refractivity contribution >= 4 is 5.96 Å². The zero-order chi connectivity index (χ0) is 19.1. The molecule has 3 rings (SSSR count). The number of methoxy groups -OCH3 is 1. The van der Waals surface area contributed by atoms with Gasteiger partial charge in [-0.1, -0.05) is 12.1 Å². The maximum Gasteiger partial charge on any atom is 0.194 e. The van der Waals surface area contributed by atoms with Crippen LogP contribution < -0.4 is 10.1 Å². The van der Waals surface area contributed by atoms with Gasteiger partial charge in [-0.3, -0.25) is 9.89 Å². The number of morpholine rings is 1. The molecule has 27 heavy (non-hydrogen) atoms. The Morgan fingerprint density at radius 2 is 2.04 bits per heavy atom. The van der Waals surface area contributed by atoms with Gasteiger partial charge in [0, 0.05) is 32.7 Å². The van der Waals surface area contributed by atoms with Crippen LogP contribution in [-0.4, -0.2) is 86.6 Å². The average molecular weight is 377 g/mol. The number of ether oxygens (including phenoxy) is 2. The van der Waals surface area contributed by atoms with E-state index in [9.17, 15) is 5.11 Å². The van der Waals surface area contributed by atoms with Crippen LogP contribution in [0.1, 0.15) is 24.9 Å². The average Bonchev–Trinajstić information content (AvgIpc) is 3.15. The second kappa shape index (κ2) is 9.92. The molecule has 2 fully saturated rings. The summed E-state index contributed by atoms with van der Waals surface area (Å²) in [4.78, 5) is 9.52. The van der Waals surface area contributed by atoms with Crippen LogP contribution in [0.2, 0.25) is 0 Å². The Morgan fingerprint density at radius 3 is 2.63 bits per heavy atom. The molecule has 2 saturated heterocycles. The Labute approximate surface area is 162 Å². The molecule has 0 amide bonds. The summed E-state index contributed by atoms with van der Waals surface area (Å²) in [6.07, 6.45) is 0.543. The van der Waals surface area contributed by atoms with Crippen LogP contribution in [0.25, 0.3) is 0 Å². The number of aliphatic hydroxyl groups excluding tert-OH is 1. The Morgan fingerprint density at radius 1 is 1.30 bits per heavy atom. The van der Waals surface area contributed by atoms with Crippen molar-refractivity contribution in [1.29, 1.82) is 0 Å². The number of aliphatic hydroxyl groups is 1. The predicted molar refractivity (Wildman–Crippen MR) is 106 cm³/mol. The molecule has 2 heterocycles. The van der Waals surface area contributed by atoms with Gasteiger partial charge in [-0.25, -0.2) is 0 Å². The Kier molecular flexibility index (Phi) is 7.32. The highest BCUT2D eigenvalue weighted by molar-refractivity contribution is 5.80. The van der Waals surface area contributed by atoms with Crippen LogP contribution in [-0.2, 0) is 4.74 Å². The van der Waals surface area contributed by atoms with Gasteiger partial charge in [0.1, 0.15) is 5.75 Å². The number of guanidine groups is 1. The summed E-state index contributed by atoms with van der Waals surface area (Å²) in [6.45, 7) is 8.39. The maximum absolute atomic E-state index is 9.87. The molecule has 0 saturated carbocycles. The zero-order valence-corrected chi connectivity index (χ0v) is 16.4. The summed E-state index contributed by atoms with van der Waals surface area (Å²) < 4.78 is 10.8. The summed E-state index contributed by atoms with van der Waals surface area (Å²) in [5.74, 6) is 1.75. The number of nitrogens with one attached hydrogen (secondary N) is 1. The number of nitrogens with zero attached hydrogens (tertiary/aromatic N) is 3. The highest BCUT2D eigenvalue weighted by Crippen LogP contribution is 2.25. The molecule has 0 spiro atoms. The van der Waals surface area contributed by atoms with Crippen molar-refractivity contribution in [3.63, 3.8) is 0 Å². The zero-order valence-electron chi connectivity index (χ0n) is 16.4. The smallest absolute Gasteiger partial charge is 0.194 e. The van der Waals surface area contributed by atoms with Crippen LogP contribution in [0.15, 0.2) is 29.3 Å². The first-order valence-corrected chi connectivity index (χ1v) is 9.88. The standard InChI is InChI=1S/C20H32N4O3/c1-3-21-20(24-9-8-17(25)15-24)22-14-19(23-10-12-27-13-11-23)16-4-6-18(26-2)7-5-16/h4-7,17,19,25H,3,8-15H2,1-2H3,(H,21,22)/t17-,19?/m1/s1. The van der Waals surface area contributed by atoms with E-state index in [0.29, 0.717) is 13.1 Å².